The number of hydrogen-bond acceptors (Lipinski definition) is 4. The number of anilines is 1. The zero-order valence-electron chi connectivity index (χ0n) is 13.3. The van der Waals surface area contributed by atoms with Gasteiger partial charge in [0.25, 0.3) is 5.69 Å². The minimum Gasteiger partial charge on any atom is -0.506 e. The zero-order chi connectivity index (χ0) is 16.8. The Labute approximate surface area is 139 Å². The van der Waals surface area contributed by atoms with E-state index in [1.165, 1.54) is 17.2 Å². The second-order valence-electron chi connectivity index (χ2n) is 6.58. The number of hydrogen-bond donors (Lipinski definition) is 2. The van der Waals surface area contributed by atoms with E-state index in [2.05, 4.69) is 42.6 Å². The first kappa shape index (κ1) is 14.8. The highest BCUT2D eigenvalue weighted by Crippen LogP contribution is 2.53. The summed E-state index contributed by atoms with van der Waals surface area (Å²) in [5.74, 6) is 0.314. The van der Waals surface area contributed by atoms with E-state index in [0.29, 0.717) is 11.6 Å². The first-order chi connectivity index (χ1) is 11.5. The average molecular weight is 322 g/mol. The third-order valence-corrected chi connectivity index (χ3v) is 5.04. The number of allylic oxidation sites excluding steroid dienone is 2. The molecule has 3 unspecified atom stereocenters. The van der Waals surface area contributed by atoms with Crippen molar-refractivity contribution >= 4 is 11.4 Å². The lowest BCUT2D eigenvalue weighted by atomic mass is 9.76. The number of non-ortho nitro benzene ring substituents is 1. The van der Waals surface area contributed by atoms with Crippen molar-refractivity contribution in [2.45, 2.75) is 25.3 Å². The average Bonchev–Trinajstić information content (AvgIpc) is 3.04. The van der Waals surface area contributed by atoms with Crippen LogP contribution in [0.5, 0.6) is 5.75 Å². The predicted molar refractivity (Wildman–Crippen MR) is 92.3 cm³/mol. The number of nitrogens with one attached hydrogen (secondary N) is 1. The van der Waals surface area contributed by atoms with E-state index in [1.54, 1.807) is 6.07 Å². The molecule has 5 nitrogen and oxygen atoms in total. The van der Waals surface area contributed by atoms with E-state index < -0.39 is 4.92 Å². The molecule has 0 fully saturated rings. The van der Waals surface area contributed by atoms with Crippen LogP contribution in [0.1, 0.15) is 35.1 Å². The lowest BCUT2D eigenvalue weighted by Gasteiger charge is -2.37. The maximum atomic E-state index is 11.1. The van der Waals surface area contributed by atoms with Gasteiger partial charge in [-0.2, -0.15) is 0 Å². The van der Waals surface area contributed by atoms with Gasteiger partial charge in [-0.1, -0.05) is 42.0 Å². The van der Waals surface area contributed by atoms with Gasteiger partial charge in [-0.25, -0.2) is 0 Å². The maximum absolute atomic E-state index is 11.1. The van der Waals surface area contributed by atoms with E-state index in [-0.39, 0.29) is 23.4 Å². The van der Waals surface area contributed by atoms with Crippen molar-refractivity contribution in [1.82, 2.24) is 0 Å². The summed E-state index contributed by atoms with van der Waals surface area (Å²) < 4.78 is 0. The van der Waals surface area contributed by atoms with Crippen LogP contribution in [-0.2, 0) is 0 Å². The van der Waals surface area contributed by atoms with Gasteiger partial charge in [0.05, 0.1) is 22.7 Å². The maximum Gasteiger partial charge on any atom is 0.273 e. The van der Waals surface area contributed by atoms with Crippen LogP contribution >= 0.6 is 0 Å². The molecule has 0 radical (unpaired) electrons. The molecule has 2 N–H and O–H groups in total. The monoisotopic (exact) mass is 322 g/mol. The lowest BCUT2D eigenvalue weighted by Crippen LogP contribution is -2.29. The first-order valence-corrected chi connectivity index (χ1v) is 8.05. The predicted octanol–water partition coefficient (Wildman–Crippen LogP) is 4.44. The third-order valence-electron chi connectivity index (χ3n) is 5.04. The van der Waals surface area contributed by atoms with Gasteiger partial charge < -0.3 is 10.4 Å². The number of nitro benzene ring substituents is 1. The van der Waals surface area contributed by atoms with Crippen LogP contribution < -0.4 is 5.32 Å². The number of fused-ring (bicyclic) bond motifs is 3. The topological polar surface area (TPSA) is 75.4 Å². The van der Waals surface area contributed by atoms with Gasteiger partial charge in [0.15, 0.2) is 0 Å². The molecule has 0 saturated heterocycles. The van der Waals surface area contributed by atoms with E-state index >= 15 is 0 Å². The quantitative estimate of drug-likeness (QED) is 0.371. The molecular formula is C19H18N2O3. The number of nitro groups is 1. The molecule has 1 aliphatic heterocycles. The van der Waals surface area contributed by atoms with Crippen LogP contribution in [0.4, 0.5) is 11.4 Å². The summed E-state index contributed by atoms with van der Waals surface area (Å²) in [6.07, 6.45) is 5.15. The molecule has 2 aliphatic rings. The molecule has 1 heterocycles. The van der Waals surface area contributed by atoms with Crippen LogP contribution in [0, 0.1) is 23.0 Å². The Kier molecular flexibility index (Phi) is 3.30. The molecular weight excluding hydrogens is 304 g/mol. The van der Waals surface area contributed by atoms with Gasteiger partial charge in [-0.15, -0.1) is 0 Å². The molecule has 0 saturated carbocycles. The fourth-order valence-electron chi connectivity index (χ4n) is 3.96. The van der Waals surface area contributed by atoms with Crippen LogP contribution in [0.2, 0.25) is 0 Å². The molecule has 0 bridgehead atoms. The van der Waals surface area contributed by atoms with Gasteiger partial charge in [-0.3, -0.25) is 10.1 Å². The zero-order valence-corrected chi connectivity index (χ0v) is 13.3. The highest BCUT2D eigenvalue weighted by molar-refractivity contribution is 5.70. The van der Waals surface area contributed by atoms with E-state index in [0.717, 1.165) is 12.0 Å². The highest BCUT2D eigenvalue weighted by atomic mass is 16.6. The molecule has 1 aliphatic carbocycles. The Morgan fingerprint density at radius 2 is 2.12 bits per heavy atom. The Morgan fingerprint density at radius 1 is 1.29 bits per heavy atom. The Morgan fingerprint density at radius 3 is 2.88 bits per heavy atom. The number of aryl methyl sites for hydroxylation is 1. The number of phenolic OH excluding ortho intramolecular Hbond substituents is 1. The van der Waals surface area contributed by atoms with Crippen molar-refractivity contribution in [3.63, 3.8) is 0 Å². The van der Waals surface area contributed by atoms with Crippen LogP contribution in [0.15, 0.2) is 48.6 Å². The largest absolute Gasteiger partial charge is 0.506 e. The third kappa shape index (κ3) is 2.24. The number of aromatic hydroxyl groups is 1. The standard InChI is InChI=1S/C19H18N2O3/c1-11-4-2-5-12(8-11)18-15-7-3-6-14(15)16-9-13(21(23)24)10-17(22)19(16)20-18/h2-6,8-10,14-15,18,20,22H,7H2,1H3. The van der Waals surface area contributed by atoms with E-state index in [4.69, 9.17) is 0 Å². The van der Waals surface area contributed by atoms with E-state index in [9.17, 15) is 15.2 Å². The second-order valence-corrected chi connectivity index (χ2v) is 6.58. The fraction of sp³-hybridized carbons (Fsp3) is 0.263. The van der Waals surface area contributed by atoms with Gasteiger partial charge in [0.2, 0.25) is 0 Å². The minimum absolute atomic E-state index is 0.0596. The molecule has 4 rings (SSSR count). The summed E-state index contributed by atoms with van der Waals surface area (Å²) in [7, 11) is 0. The minimum atomic E-state index is -0.458. The van der Waals surface area contributed by atoms with Crippen molar-refractivity contribution in [3.8, 4) is 5.75 Å². The van der Waals surface area contributed by atoms with Gasteiger partial charge in [0, 0.05) is 12.0 Å². The summed E-state index contributed by atoms with van der Waals surface area (Å²) in [6.45, 7) is 2.06. The molecule has 2 aromatic rings. The van der Waals surface area contributed by atoms with Crippen molar-refractivity contribution in [3.05, 3.63) is 75.4 Å². The van der Waals surface area contributed by atoms with Crippen LogP contribution in [-0.4, -0.2) is 10.0 Å². The summed E-state index contributed by atoms with van der Waals surface area (Å²) >= 11 is 0. The Hall–Kier alpha value is -2.82. The Bertz CT molecular complexity index is 860. The molecule has 0 spiro atoms. The number of benzene rings is 2. The molecule has 3 atom stereocenters. The normalized spacial score (nSPS) is 24.1. The van der Waals surface area contributed by atoms with Crippen LogP contribution in [0.3, 0.4) is 0 Å². The number of nitrogens with zero attached hydrogens (tertiary/aromatic N) is 1. The molecule has 0 amide bonds. The molecule has 122 valence electrons. The van der Waals surface area contributed by atoms with Crippen molar-refractivity contribution in [1.29, 1.82) is 0 Å². The van der Waals surface area contributed by atoms with Crippen molar-refractivity contribution < 1.29 is 10.0 Å². The van der Waals surface area contributed by atoms with Crippen LogP contribution in [0.25, 0.3) is 0 Å². The Balaban J connectivity index is 1.83. The summed E-state index contributed by atoms with van der Waals surface area (Å²) in [5, 5.41) is 24.9. The molecule has 5 heteroatoms. The summed E-state index contributed by atoms with van der Waals surface area (Å²) in [5.41, 5.74) is 3.72. The van der Waals surface area contributed by atoms with Gasteiger partial charge in [0.1, 0.15) is 5.75 Å². The van der Waals surface area contributed by atoms with Crippen molar-refractivity contribution in [2.75, 3.05) is 5.32 Å². The lowest BCUT2D eigenvalue weighted by molar-refractivity contribution is -0.385. The fourth-order valence-corrected chi connectivity index (χ4v) is 3.96. The molecule has 2 aromatic carbocycles. The highest BCUT2D eigenvalue weighted by Gasteiger charge is 2.39. The summed E-state index contributed by atoms with van der Waals surface area (Å²) in [6, 6.07) is 11.2. The SMILES string of the molecule is Cc1cccc(C2Nc3c(O)cc([N+](=O)[O-])cc3C3C=CCC32)c1. The number of rotatable bonds is 2. The van der Waals surface area contributed by atoms with Gasteiger partial charge in [-0.05, 0) is 30.4 Å². The summed E-state index contributed by atoms with van der Waals surface area (Å²) in [4.78, 5) is 10.7. The number of phenols is 1. The molecule has 0 aromatic heterocycles. The first-order valence-electron chi connectivity index (χ1n) is 8.05. The van der Waals surface area contributed by atoms with Gasteiger partial charge >= 0.3 is 0 Å². The smallest absolute Gasteiger partial charge is 0.273 e. The van der Waals surface area contributed by atoms with Crippen molar-refractivity contribution in [2.24, 2.45) is 5.92 Å². The second kappa shape index (κ2) is 5.37. The van der Waals surface area contributed by atoms with E-state index in [1.807, 2.05) is 6.07 Å². The molecule has 24 heavy (non-hydrogen) atoms.